The molecule has 3 N–H and O–H groups in total. The van der Waals surface area contributed by atoms with Crippen LogP contribution in [0.3, 0.4) is 0 Å². The van der Waals surface area contributed by atoms with Crippen molar-refractivity contribution in [1.29, 1.82) is 5.41 Å². The summed E-state index contributed by atoms with van der Waals surface area (Å²) in [5.74, 6) is -1.57. The Morgan fingerprint density at radius 2 is 2.00 bits per heavy atom. The Kier molecular flexibility index (Phi) is 6.22. The van der Waals surface area contributed by atoms with Gasteiger partial charge in [0.15, 0.2) is 17.4 Å². The molecule has 0 atom stereocenters. The van der Waals surface area contributed by atoms with Gasteiger partial charge in [-0.15, -0.1) is 0 Å². The van der Waals surface area contributed by atoms with Crippen LogP contribution >= 0.6 is 0 Å². The number of nitrogens with two attached hydrogens (primary N) is 1. The van der Waals surface area contributed by atoms with Crippen LogP contribution in [-0.4, -0.2) is 18.0 Å². The number of rotatable bonds is 6. The van der Waals surface area contributed by atoms with Gasteiger partial charge in [0.25, 0.3) is 0 Å². The second-order valence-corrected chi connectivity index (χ2v) is 5.15. The van der Waals surface area contributed by atoms with E-state index in [0.29, 0.717) is 11.6 Å². The van der Waals surface area contributed by atoms with Gasteiger partial charge in [-0.3, -0.25) is 10.4 Å². The number of aromatic nitrogens is 1. The Bertz CT molecular complexity index is 854. The van der Waals surface area contributed by atoms with Gasteiger partial charge in [-0.2, -0.15) is 13.2 Å². The van der Waals surface area contributed by atoms with Gasteiger partial charge in [0.1, 0.15) is 18.1 Å². The minimum Gasteiger partial charge on any atom is -0.481 e. The van der Waals surface area contributed by atoms with Crippen LogP contribution < -0.4 is 10.5 Å². The predicted octanol–water partition coefficient (Wildman–Crippen LogP) is 3.97. The van der Waals surface area contributed by atoms with E-state index in [0.717, 1.165) is 18.3 Å². The second-order valence-electron chi connectivity index (χ2n) is 5.15. The highest BCUT2D eigenvalue weighted by Gasteiger charge is 2.32. The maximum Gasteiger partial charge on any atom is 0.433 e. The summed E-state index contributed by atoms with van der Waals surface area (Å²) >= 11 is 0. The van der Waals surface area contributed by atoms with Gasteiger partial charge < -0.3 is 19.9 Å². The molecule has 0 aliphatic rings. The third kappa shape index (κ3) is 5.87. The van der Waals surface area contributed by atoms with Gasteiger partial charge in [0.2, 0.25) is 5.90 Å². The van der Waals surface area contributed by atoms with Gasteiger partial charge in [0, 0.05) is 12.3 Å². The second kappa shape index (κ2) is 8.39. The summed E-state index contributed by atoms with van der Waals surface area (Å²) in [6, 6.07) is 5.66. The van der Waals surface area contributed by atoms with Crippen molar-refractivity contribution in [2.24, 2.45) is 5.73 Å². The highest BCUT2D eigenvalue weighted by molar-refractivity contribution is 5.84. The lowest BCUT2D eigenvalue weighted by Crippen LogP contribution is -2.07. The topological polar surface area (TPSA) is 90.5 Å². The molecule has 1 aromatic carbocycles. The average Bonchev–Trinajstić information content (AvgIpc) is 2.61. The summed E-state index contributed by atoms with van der Waals surface area (Å²) in [6.45, 7) is -0.0932. The van der Waals surface area contributed by atoms with Crippen molar-refractivity contribution in [2.75, 3.05) is 7.11 Å². The molecule has 0 saturated carbocycles. The number of methoxy groups -OCH3 is 1. The molecule has 0 bridgehead atoms. The number of alkyl halides is 3. The highest BCUT2D eigenvalue weighted by Crippen LogP contribution is 2.31. The number of ether oxygens (including phenoxy) is 3. The number of hydrogen-bond donors (Lipinski definition) is 2. The molecule has 2 rings (SSSR count). The molecule has 0 unspecified atom stereocenters. The zero-order chi connectivity index (χ0) is 20.0. The quantitative estimate of drug-likeness (QED) is 0.340. The van der Waals surface area contributed by atoms with E-state index < -0.39 is 17.7 Å². The van der Waals surface area contributed by atoms with E-state index in [1.807, 2.05) is 0 Å². The lowest BCUT2D eigenvalue weighted by molar-refractivity contribution is -0.141. The van der Waals surface area contributed by atoms with Crippen molar-refractivity contribution in [1.82, 2.24) is 4.98 Å². The van der Waals surface area contributed by atoms with Crippen molar-refractivity contribution >= 4 is 5.90 Å². The normalized spacial score (nSPS) is 11.8. The molecule has 0 radical (unpaired) electrons. The molecule has 0 amide bonds. The van der Waals surface area contributed by atoms with Crippen molar-refractivity contribution in [3.63, 3.8) is 0 Å². The SMILES string of the molecule is COC(=N)C=C(N)OCc1ccc(Oc2ccnc(C(F)(F)F)c2)c(F)c1. The molecule has 0 saturated heterocycles. The monoisotopic (exact) mass is 385 g/mol. The Labute approximate surface area is 151 Å². The first kappa shape index (κ1) is 20.0. The summed E-state index contributed by atoms with van der Waals surface area (Å²) in [4.78, 5) is 3.20. The van der Waals surface area contributed by atoms with Crippen molar-refractivity contribution in [3.05, 3.63) is 65.6 Å². The Morgan fingerprint density at radius 3 is 2.63 bits per heavy atom. The summed E-state index contributed by atoms with van der Waals surface area (Å²) in [5, 5.41) is 7.26. The minimum absolute atomic E-state index is 0.0932. The standard InChI is InChI=1S/C17H15F4N3O3/c1-25-15(22)8-16(23)26-9-10-2-3-13(12(18)6-10)27-11-4-5-24-14(7-11)17(19,20)21/h2-8,22H,9,23H2,1H3. The van der Waals surface area contributed by atoms with Crippen molar-refractivity contribution in [3.8, 4) is 11.5 Å². The van der Waals surface area contributed by atoms with Gasteiger partial charge in [0.05, 0.1) is 13.2 Å². The minimum atomic E-state index is -4.63. The fraction of sp³-hybridized carbons (Fsp3) is 0.176. The third-order valence-corrected chi connectivity index (χ3v) is 3.14. The first-order chi connectivity index (χ1) is 12.7. The molecule has 27 heavy (non-hydrogen) atoms. The van der Waals surface area contributed by atoms with E-state index >= 15 is 0 Å². The maximum atomic E-state index is 14.1. The predicted molar refractivity (Wildman–Crippen MR) is 87.5 cm³/mol. The first-order valence-electron chi connectivity index (χ1n) is 7.41. The van der Waals surface area contributed by atoms with Crippen LogP contribution in [0.15, 0.2) is 48.5 Å². The summed E-state index contributed by atoms with van der Waals surface area (Å²) < 4.78 is 67.0. The Hall–Kier alpha value is -3.30. The summed E-state index contributed by atoms with van der Waals surface area (Å²) in [5.41, 5.74) is 4.77. The lowest BCUT2D eigenvalue weighted by atomic mass is 10.2. The van der Waals surface area contributed by atoms with Crippen LogP contribution in [0.5, 0.6) is 11.5 Å². The Morgan fingerprint density at radius 1 is 1.26 bits per heavy atom. The zero-order valence-electron chi connectivity index (χ0n) is 14.0. The smallest absolute Gasteiger partial charge is 0.433 e. The van der Waals surface area contributed by atoms with Crippen LogP contribution in [-0.2, 0) is 22.3 Å². The van der Waals surface area contributed by atoms with E-state index in [1.165, 1.54) is 25.3 Å². The summed E-state index contributed by atoms with van der Waals surface area (Å²) in [6.07, 6.45) is -2.58. The van der Waals surface area contributed by atoms with E-state index in [4.69, 9.17) is 20.6 Å². The molecule has 1 heterocycles. The molecule has 0 aliphatic heterocycles. The molecule has 0 aliphatic carbocycles. The fourth-order valence-electron chi connectivity index (χ4n) is 1.87. The number of nitrogens with one attached hydrogen (secondary N) is 1. The summed E-state index contributed by atoms with van der Waals surface area (Å²) in [7, 11) is 1.29. The number of benzene rings is 1. The number of halogens is 4. The first-order valence-corrected chi connectivity index (χ1v) is 7.41. The van der Waals surface area contributed by atoms with Crippen molar-refractivity contribution < 1.29 is 31.8 Å². The third-order valence-electron chi connectivity index (χ3n) is 3.14. The van der Waals surface area contributed by atoms with E-state index in [9.17, 15) is 17.6 Å². The molecule has 1 aromatic heterocycles. The molecule has 0 fully saturated rings. The van der Waals surface area contributed by atoms with Gasteiger partial charge in [-0.05, 0) is 23.8 Å². The molecule has 6 nitrogen and oxygen atoms in total. The van der Waals surface area contributed by atoms with Gasteiger partial charge in [-0.25, -0.2) is 4.39 Å². The fourth-order valence-corrected chi connectivity index (χ4v) is 1.87. The molecule has 144 valence electrons. The average molecular weight is 385 g/mol. The number of hydrogen-bond acceptors (Lipinski definition) is 6. The highest BCUT2D eigenvalue weighted by atomic mass is 19.4. The molecule has 0 spiro atoms. The largest absolute Gasteiger partial charge is 0.481 e. The van der Waals surface area contributed by atoms with Crippen LogP contribution in [0.4, 0.5) is 17.6 Å². The molecule has 10 heteroatoms. The molecule has 2 aromatic rings. The maximum absolute atomic E-state index is 14.1. The number of nitrogens with zero attached hydrogens (tertiary/aromatic N) is 1. The molecular weight excluding hydrogens is 370 g/mol. The van der Waals surface area contributed by atoms with E-state index in [2.05, 4.69) is 9.72 Å². The van der Waals surface area contributed by atoms with Crippen LogP contribution in [0.1, 0.15) is 11.3 Å². The van der Waals surface area contributed by atoms with Crippen molar-refractivity contribution in [2.45, 2.75) is 12.8 Å². The van der Waals surface area contributed by atoms with Crippen LogP contribution in [0, 0.1) is 11.2 Å². The van der Waals surface area contributed by atoms with E-state index in [-0.39, 0.29) is 29.9 Å². The van der Waals surface area contributed by atoms with Crippen LogP contribution in [0.25, 0.3) is 0 Å². The number of pyridine rings is 1. The zero-order valence-corrected chi connectivity index (χ0v) is 14.0. The van der Waals surface area contributed by atoms with Gasteiger partial charge in [-0.1, -0.05) is 6.07 Å². The Balaban J connectivity index is 2.07. The van der Waals surface area contributed by atoms with Crippen LogP contribution in [0.2, 0.25) is 0 Å². The van der Waals surface area contributed by atoms with Gasteiger partial charge >= 0.3 is 6.18 Å². The van der Waals surface area contributed by atoms with E-state index in [1.54, 1.807) is 0 Å². The molecular formula is C17H15F4N3O3. The lowest BCUT2D eigenvalue weighted by Gasteiger charge is -2.11.